The van der Waals surface area contributed by atoms with E-state index in [0.29, 0.717) is 0 Å². The van der Waals surface area contributed by atoms with Crippen LogP contribution < -0.4 is 21.3 Å². The van der Waals surface area contributed by atoms with Crippen molar-refractivity contribution >= 4 is 68.0 Å². The highest BCUT2D eigenvalue weighted by atomic mass is 32.2. The number of benzene rings is 6. The summed E-state index contributed by atoms with van der Waals surface area (Å²) in [5.41, 5.74) is 20.1. The Bertz CT molecular complexity index is 1750. The van der Waals surface area contributed by atoms with Crippen molar-refractivity contribution in [1.29, 1.82) is 0 Å². The van der Waals surface area contributed by atoms with Crippen LogP contribution in [0.5, 0.6) is 0 Å². The number of nitrogens with two attached hydrogens (primary N) is 2. The lowest BCUT2D eigenvalue weighted by Crippen LogP contribution is -2.16. The average molecular weight is 523 g/mol. The maximum Gasteiger partial charge on any atom is 0.0679 e. The zero-order chi connectivity index (χ0) is 26.3. The van der Waals surface area contributed by atoms with Gasteiger partial charge in [0, 0.05) is 49.3 Å². The molecule has 0 radical (unpaired) electrons. The van der Waals surface area contributed by atoms with Gasteiger partial charge in [0.15, 0.2) is 0 Å². The third-order valence-electron chi connectivity index (χ3n) is 7.08. The molecule has 0 bridgehead atoms. The molecule has 0 fully saturated rings. The second kappa shape index (κ2) is 9.46. The van der Waals surface area contributed by atoms with Gasteiger partial charge in [-0.25, -0.2) is 0 Å². The molecule has 0 aromatic heterocycles. The van der Waals surface area contributed by atoms with Crippen LogP contribution in [0.15, 0.2) is 143 Å². The van der Waals surface area contributed by atoms with Crippen molar-refractivity contribution in [2.45, 2.75) is 9.79 Å². The normalized spacial score (nSPS) is 12.2. The van der Waals surface area contributed by atoms with E-state index in [4.69, 9.17) is 11.5 Å². The minimum atomic E-state index is 0.735. The van der Waals surface area contributed by atoms with Crippen molar-refractivity contribution in [3.63, 3.8) is 0 Å². The van der Waals surface area contributed by atoms with Crippen molar-refractivity contribution in [3.8, 4) is 0 Å². The second-order valence-corrected chi connectivity index (χ2v) is 10.7. The number of rotatable bonds is 4. The van der Waals surface area contributed by atoms with Crippen LogP contribution in [0.1, 0.15) is 0 Å². The van der Waals surface area contributed by atoms with Crippen LogP contribution in [0.3, 0.4) is 0 Å². The minimum absolute atomic E-state index is 0.735. The molecule has 4 N–H and O–H groups in total. The van der Waals surface area contributed by atoms with Crippen LogP contribution in [-0.4, -0.2) is 0 Å². The van der Waals surface area contributed by atoms with Crippen LogP contribution >= 0.6 is 11.8 Å². The largest absolute Gasteiger partial charge is 0.399 e. The van der Waals surface area contributed by atoms with Gasteiger partial charge in [-0.1, -0.05) is 54.2 Å². The predicted molar refractivity (Wildman–Crippen MR) is 166 cm³/mol. The standard InChI is InChI=1S/C34H26N4S/c35-24-10-14-26(15-11-24)37(27-16-12-25(36)13-17-27)28-18-20-29(21-19-28)38-31-7-3-4-8-32(31)39-33-22-9-23-5-1-2-6-30(23)34(33)38/h1-22H,35-36H2. The summed E-state index contributed by atoms with van der Waals surface area (Å²) in [4.78, 5) is 7.10. The molecule has 6 aromatic carbocycles. The second-order valence-electron chi connectivity index (χ2n) is 9.57. The number of anilines is 8. The summed E-state index contributed by atoms with van der Waals surface area (Å²) in [6, 6.07) is 46.3. The fourth-order valence-electron chi connectivity index (χ4n) is 5.23. The lowest BCUT2D eigenvalue weighted by Gasteiger charge is -2.34. The topological polar surface area (TPSA) is 58.5 Å². The zero-order valence-electron chi connectivity index (χ0n) is 21.2. The van der Waals surface area contributed by atoms with Crippen molar-refractivity contribution in [3.05, 3.63) is 133 Å². The van der Waals surface area contributed by atoms with Crippen molar-refractivity contribution < 1.29 is 0 Å². The summed E-state index contributed by atoms with van der Waals surface area (Å²) < 4.78 is 0. The minimum Gasteiger partial charge on any atom is -0.399 e. The highest BCUT2D eigenvalue weighted by Crippen LogP contribution is 2.54. The van der Waals surface area contributed by atoms with E-state index in [9.17, 15) is 0 Å². The van der Waals surface area contributed by atoms with Gasteiger partial charge < -0.3 is 21.3 Å². The lowest BCUT2D eigenvalue weighted by molar-refractivity contribution is 1.18. The number of fused-ring (bicyclic) bond motifs is 4. The van der Waals surface area contributed by atoms with E-state index in [1.54, 1.807) is 0 Å². The van der Waals surface area contributed by atoms with Crippen molar-refractivity contribution in [2.75, 3.05) is 21.3 Å². The lowest BCUT2D eigenvalue weighted by atomic mass is 10.1. The highest BCUT2D eigenvalue weighted by molar-refractivity contribution is 7.99. The molecule has 4 nitrogen and oxygen atoms in total. The molecule has 0 saturated heterocycles. The van der Waals surface area contributed by atoms with Gasteiger partial charge in [-0.05, 0) is 96.4 Å². The Hall–Kier alpha value is -4.87. The van der Waals surface area contributed by atoms with Gasteiger partial charge in [0.25, 0.3) is 0 Å². The first-order chi connectivity index (χ1) is 19.2. The van der Waals surface area contributed by atoms with Crippen molar-refractivity contribution in [2.24, 2.45) is 0 Å². The molecular weight excluding hydrogens is 496 g/mol. The SMILES string of the molecule is Nc1ccc(N(c2ccc(N)cc2)c2ccc(N3c4ccccc4Sc4ccc5ccccc5c43)cc2)cc1. The van der Waals surface area contributed by atoms with Gasteiger partial charge in [-0.2, -0.15) is 0 Å². The third kappa shape index (κ3) is 4.13. The Morgan fingerprint density at radius 3 is 1.74 bits per heavy atom. The van der Waals surface area contributed by atoms with E-state index < -0.39 is 0 Å². The van der Waals surface area contributed by atoms with Gasteiger partial charge in [0.2, 0.25) is 0 Å². The molecule has 7 rings (SSSR count). The fourth-order valence-corrected chi connectivity index (χ4v) is 6.31. The number of para-hydroxylation sites is 1. The zero-order valence-corrected chi connectivity index (χ0v) is 22.0. The maximum absolute atomic E-state index is 6.00. The Balaban J connectivity index is 1.37. The summed E-state index contributed by atoms with van der Waals surface area (Å²) in [7, 11) is 0. The van der Waals surface area contributed by atoms with Crippen LogP contribution in [0.25, 0.3) is 10.8 Å². The summed E-state index contributed by atoms with van der Waals surface area (Å²) >= 11 is 1.83. The molecule has 6 aromatic rings. The number of nitrogen functional groups attached to an aromatic ring is 2. The maximum atomic E-state index is 6.00. The van der Waals surface area contributed by atoms with Gasteiger partial charge in [0.05, 0.1) is 11.4 Å². The van der Waals surface area contributed by atoms with Crippen LogP contribution in [0, 0.1) is 0 Å². The van der Waals surface area contributed by atoms with E-state index in [0.717, 1.165) is 34.1 Å². The first kappa shape index (κ1) is 23.3. The number of nitrogens with zero attached hydrogens (tertiary/aromatic N) is 2. The van der Waals surface area contributed by atoms with Gasteiger partial charge >= 0.3 is 0 Å². The van der Waals surface area contributed by atoms with E-state index in [-0.39, 0.29) is 0 Å². The molecule has 39 heavy (non-hydrogen) atoms. The molecule has 5 heteroatoms. The molecule has 0 amide bonds. The van der Waals surface area contributed by atoms with Gasteiger partial charge in [-0.15, -0.1) is 0 Å². The first-order valence-electron chi connectivity index (χ1n) is 12.9. The fraction of sp³-hybridized carbons (Fsp3) is 0. The highest BCUT2D eigenvalue weighted by Gasteiger charge is 2.26. The first-order valence-corrected chi connectivity index (χ1v) is 13.7. The average Bonchev–Trinajstić information content (AvgIpc) is 2.98. The Labute approximate surface area is 232 Å². The smallest absolute Gasteiger partial charge is 0.0679 e. The molecule has 188 valence electrons. The Morgan fingerprint density at radius 1 is 0.513 bits per heavy atom. The summed E-state index contributed by atoms with van der Waals surface area (Å²) in [5, 5.41) is 2.47. The monoisotopic (exact) mass is 522 g/mol. The van der Waals surface area contributed by atoms with Crippen LogP contribution in [0.4, 0.5) is 45.5 Å². The summed E-state index contributed by atoms with van der Waals surface area (Å²) in [5.74, 6) is 0. The van der Waals surface area contributed by atoms with Gasteiger partial charge in [0.1, 0.15) is 0 Å². The molecule has 0 aliphatic carbocycles. The molecule has 0 spiro atoms. The van der Waals surface area contributed by atoms with E-state index in [1.165, 1.54) is 31.9 Å². The molecule has 1 heterocycles. The van der Waals surface area contributed by atoms with Crippen molar-refractivity contribution in [1.82, 2.24) is 0 Å². The predicted octanol–water partition coefficient (Wildman–Crippen LogP) is 9.41. The van der Waals surface area contributed by atoms with E-state index >= 15 is 0 Å². The molecule has 1 aliphatic heterocycles. The molecular formula is C34H26N4S. The Kier molecular flexibility index (Phi) is 5.64. The molecule has 0 unspecified atom stereocenters. The molecule has 0 saturated carbocycles. The van der Waals surface area contributed by atoms with Gasteiger partial charge in [-0.3, -0.25) is 0 Å². The Morgan fingerprint density at radius 2 is 1.08 bits per heavy atom. The van der Waals surface area contributed by atoms with Crippen LogP contribution in [0.2, 0.25) is 0 Å². The summed E-state index contributed by atoms with van der Waals surface area (Å²) in [6.45, 7) is 0. The number of hydrogen-bond acceptors (Lipinski definition) is 5. The third-order valence-corrected chi connectivity index (χ3v) is 8.20. The quantitative estimate of drug-likeness (QED) is 0.226. The molecule has 1 aliphatic rings. The van der Waals surface area contributed by atoms with E-state index in [1.807, 2.05) is 60.3 Å². The van der Waals surface area contributed by atoms with Crippen LogP contribution in [-0.2, 0) is 0 Å². The molecule has 0 atom stereocenters. The number of hydrogen-bond donors (Lipinski definition) is 2. The summed E-state index contributed by atoms with van der Waals surface area (Å²) in [6.07, 6.45) is 0. The van der Waals surface area contributed by atoms with E-state index in [2.05, 4.69) is 94.7 Å².